The molecule has 0 aliphatic heterocycles. The number of ether oxygens (including phenoxy) is 2. The zero-order valence-electron chi connectivity index (χ0n) is 14.3. The summed E-state index contributed by atoms with van der Waals surface area (Å²) in [5.74, 6) is 1.65. The molecule has 1 heterocycles. The second kappa shape index (κ2) is 6.81. The summed E-state index contributed by atoms with van der Waals surface area (Å²) in [5.41, 5.74) is 1.61. The summed E-state index contributed by atoms with van der Waals surface area (Å²) < 4.78 is 16.4. The van der Waals surface area contributed by atoms with Crippen LogP contribution in [-0.2, 0) is 4.79 Å². The summed E-state index contributed by atoms with van der Waals surface area (Å²) in [6.45, 7) is 3.19. The van der Waals surface area contributed by atoms with E-state index in [-0.39, 0.29) is 17.8 Å². The summed E-state index contributed by atoms with van der Waals surface area (Å²) in [6, 6.07) is 12.2. The van der Waals surface area contributed by atoms with Gasteiger partial charge in [-0.3, -0.25) is 9.59 Å². The van der Waals surface area contributed by atoms with Gasteiger partial charge in [0, 0.05) is 6.07 Å². The number of carbonyl (C=O) groups is 1. The maximum absolute atomic E-state index is 12.9. The summed E-state index contributed by atoms with van der Waals surface area (Å²) in [4.78, 5) is 23.9. The zero-order valence-corrected chi connectivity index (χ0v) is 14.3. The van der Waals surface area contributed by atoms with E-state index in [1.54, 1.807) is 44.4 Å². The fraction of sp³-hybridized carbons (Fsp3) is 0.200. The van der Waals surface area contributed by atoms with Gasteiger partial charge in [0.25, 0.3) is 0 Å². The first-order valence-corrected chi connectivity index (χ1v) is 7.83. The van der Waals surface area contributed by atoms with E-state index in [2.05, 4.69) is 0 Å². The first-order chi connectivity index (χ1) is 12.0. The first-order valence-electron chi connectivity index (χ1n) is 7.83. The van der Waals surface area contributed by atoms with Gasteiger partial charge in [-0.25, -0.2) is 0 Å². The molecule has 0 unspecified atom stereocenters. The van der Waals surface area contributed by atoms with Crippen LogP contribution in [0.15, 0.2) is 51.7 Å². The quantitative estimate of drug-likeness (QED) is 0.709. The molecule has 0 aliphatic rings. The standard InChI is InChI=1S/C20H18O5/c1-12(21)11-24-16-8-9-17-18(10-16)25-13(2)19(20(17)22)14-4-6-15(23-3)7-5-14/h4-10H,11H2,1-3H3. The predicted octanol–water partition coefficient (Wildman–Crippen LogP) is 3.74. The van der Waals surface area contributed by atoms with Crippen molar-refractivity contribution in [1.82, 2.24) is 0 Å². The minimum atomic E-state index is -0.109. The highest BCUT2D eigenvalue weighted by molar-refractivity contribution is 5.84. The highest BCUT2D eigenvalue weighted by Crippen LogP contribution is 2.27. The number of rotatable bonds is 5. The van der Waals surface area contributed by atoms with Gasteiger partial charge in [-0.2, -0.15) is 0 Å². The second-order valence-electron chi connectivity index (χ2n) is 5.74. The molecule has 3 aromatic rings. The van der Waals surface area contributed by atoms with E-state index in [0.29, 0.717) is 28.0 Å². The minimum Gasteiger partial charge on any atom is -0.497 e. The van der Waals surface area contributed by atoms with Crippen LogP contribution in [0.5, 0.6) is 11.5 Å². The molecule has 0 atom stereocenters. The van der Waals surface area contributed by atoms with Crippen molar-refractivity contribution in [2.75, 3.05) is 13.7 Å². The number of hydrogen-bond acceptors (Lipinski definition) is 5. The molecule has 25 heavy (non-hydrogen) atoms. The minimum absolute atomic E-state index is 0.0152. The molecular formula is C20H18O5. The van der Waals surface area contributed by atoms with Gasteiger partial charge in [0.15, 0.2) is 5.78 Å². The summed E-state index contributed by atoms with van der Waals surface area (Å²) in [7, 11) is 1.59. The third-order valence-corrected chi connectivity index (χ3v) is 3.86. The molecule has 0 radical (unpaired) electrons. The van der Waals surface area contributed by atoms with Gasteiger partial charge in [0.05, 0.1) is 18.1 Å². The SMILES string of the molecule is COc1ccc(-c2c(C)oc3cc(OCC(C)=O)ccc3c2=O)cc1. The molecule has 0 saturated carbocycles. The summed E-state index contributed by atoms with van der Waals surface area (Å²) in [5, 5.41) is 0.464. The van der Waals surface area contributed by atoms with Crippen LogP contribution in [0.4, 0.5) is 0 Å². The Bertz CT molecular complexity index is 983. The topological polar surface area (TPSA) is 65.7 Å². The van der Waals surface area contributed by atoms with Crippen molar-refractivity contribution in [3.05, 3.63) is 58.4 Å². The lowest BCUT2D eigenvalue weighted by atomic mass is 10.0. The normalized spacial score (nSPS) is 10.7. The fourth-order valence-electron chi connectivity index (χ4n) is 2.65. The Hall–Kier alpha value is -3.08. The van der Waals surface area contributed by atoms with Crippen LogP contribution in [0.25, 0.3) is 22.1 Å². The van der Waals surface area contributed by atoms with Crippen LogP contribution >= 0.6 is 0 Å². The molecule has 2 aromatic carbocycles. The Morgan fingerprint density at radius 2 is 1.76 bits per heavy atom. The average molecular weight is 338 g/mol. The maximum atomic E-state index is 12.9. The Morgan fingerprint density at radius 1 is 1.08 bits per heavy atom. The molecule has 3 rings (SSSR count). The summed E-state index contributed by atoms with van der Waals surface area (Å²) in [6.07, 6.45) is 0. The van der Waals surface area contributed by atoms with Crippen molar-refractivity contribution in [3.63, 3.8) is 0 Å². The summed E-state index contributed by atoms with van der Waals surface area (Å²) >= 11 is 0. The maximum Gasteiger partial charge on any atom is 0.200 e. The number of benzene rings is 2. The lowest BCUT2D eigenvalue weighted by Gasteiger charge is -2.09. The van der Waals surface area contributed by atoms with Crippen LogP contribution in [-0.4, -0.2) is 19.5 Å². The number of Topliss-reactive ketones (excluding diaryl/α,β-unsaturated/α-hetero) is 1. The highest BCUT2D eigenvalue weighted by atomic mass is 16.5. The Balaban J connectivity index is 2.07. The van der Waals surface area contributed by atoms with Gasteiger partial charge >= 0.3 is 0 Å². The molecule has 0 amide bonds. The number of aryl methyl sites for hydroxylation is 1. The lowest BCUT2D eigenvalue weighted by molar-refractivity contribution is -0.118. The van der Waals surface area contributed by atoms with E-state index in [0.717, 1.165) is 11.3 Å². The Labute approximate surface area is 144 Å². The molecule has 0 fully saturated rings. The predicted molar refractivity (Wildman–Crippen MR) is 95.4 cm³/mol. The van der Waals surface area contributed by atoms with Gasteiger partial charge in [0.2, 0.25) is 5.43 Å². The van der Waals surface area contributed by atoms with E-state index in [4.69, 9.17) is 13.9 Å². The van der Waals surface area contributed by atoms with E-state index >= 15 is 0 Å². The number of carbonyl (C=O) groups excluding carboxylic acids is 1. The smallest absolute Gasteiger partial charge is 0.200 e. The van der Waals surface area contributed by atoms with Crippen molar-refractivity contribution in [2.24, 2.45) is 0 Å². The van der Waals surface area contributed by atoms with Crippen LogP contribution < -0.4 is 14.9 Å². The van der Waals surface area contributed by atoms with Crippen LogP contribution in [0.3, 0.4) is 0 Å². The van der Waals surface area contributed by atoms with Gasteiger partial charge in [-0.1, -0.05) is 12.1 Å². The molecule has 128 valence electrons. The van der Waals surface area contributed by atoms with Crippen molar-refractivity contribution in [2.45, 2.75) is 13.8 Å². The molecule has 0 aliphatic carbocycles. The van der Waals surface area contributed by atoms with Crippen molar-refractivity contribution in [3.8, 4) is 22.6 Å². The Kier molecular flexibility index (Phi) is 4.57. The number of ketones is 1. The second-order valence-corrected chi connectivity index (χ2v) is 5.74. The highest BCUT2D eigenvalue weighted by Gasteiger charge is 2.14. The van der Waals surface area contributed by atoms with Crippen LogP contribution in [0.1, 0.15) is 12.7 Å². The fourth-order valence-corrected chi connectivity index (χ4v) is 2.65. The van der Waals surface area contributed by atoms with E-state index < -0.39 is 0 Å². The van der Waals surface area contributed by atoms with Gasteiger partial charge in [-0.05, 0) is 43.7 Å². The molecule has 0 N–H and O–H groups in total. The monoisotopic (exact) mass is 338 g/mol. The molecular weight excluding hydrogens is 320 g/mol. The molecule has 0 bridgehead atoms. The van der Waals surface area contributed by atoms with Crippen LogP contribution in [0.2, 0.25) is 0 Å². The molecule has 0 spiro atoms. The van der Waals surface area contributed by atoms with Gasteiger partial charge in [0.1, 0.15) is 29.4 Å². The molecule has 0 saturated heterocycles. The Morgan fingerprint density at radius 3 is 2.40 bits per heavy atom. The van der Waals surface area contributed by atoms with Gasteiger partial charge in [-0.15, -0.1) is 0 Å². The lowest BCUT2D eigenvalue weighted by Crippen LogP contribution is -2.09. The first kappa shape index (κ1) is 16.8. The zero-order chi connectivity index (χ0) is 18.0. The van der Waals surface area contributed by atoms with Gasteiger partial charge < -0.3 is 13.9 Å². The third-order valence-electron chi connectivity index (χ3n) is 3.86. The van der Waals surface area contributed by atoms with Crippen LogP contribution in [0, 0.1) is 6.92 Å². The molecule has 5 nitrogen and oxygen atoms in total. The average Bonchev–Trinajstić information content (AvgIpc) is 2.60. The number of hydrogen-bond donors (Lipinski definition) is 0. The third kappa shape index (κ3) is 3.40. The molecule has 1 aromatic heterocycles. The number of fused-ring (bicyclic) bond motifs is 1. The molecule has 5 heteroatoms. The van der Waals surface area contributed by atoms with Crippen molar-refractivity contribution in [1.29, 1.82) is 0 Å². The largest absolute Gasteiger partial charge is 0.497 e. The van der Waals surface area contributed by atoms with E-state index in [1.165, 1.54) is 6.92 Å². The van der Waals surface area contributed by atoms with Crippen molar-refractivity contribution >= 4 is 16.8 Å². The van der Waals surface area contributed by atoms with Crippen molar-refractivity contribution < 1.29 is 18.7 Å². The number of methoxy groups -OCH3 is 1. The van der Waals surface area contributed by atoms with E-state index in [9.17, 15) is 9.59 Å². The van der Waals surface area contributed by atoms with E-state index in [1.807, 2.05) is 12.1 Å².